The summed E-state index contributed by atoms with van der Waals surface area (Å²) < 4.78 is 10.7. The average Bonchev–Trinajstić information content (AvgIpc) is 2.56. The smallest absolute Gasteiger partial charge is 0.0700 e. The molecule has 0 atom stereocenters. The molecular formula is C18H31ClN2O2. The Labute approximate surface area is 146 Å². The lowest BCUT2D eigenvalue weighted by atomic mass is 9.97. The summed E-state index contributed by atoms with van der Waals surface area (Å²) in [7, 11) is 1.71. The molecule has 132 valence electrons. The van der Waals surface area contributed by atoms with Crippen molar-refractivity contribution in [1.29, 1.82) is 0 Å². The second-order valence-corrected chi connectivity index (χ2v) is 6.02. The van der Waals surface area contributed by atoms with Crippen LogP contribution in [0.3, 0.4) is 0 Å². The molecule has 0 radical (unpaired) electrons. The van der Waals surface area contributed by atoms with E-state index in [1.54, 1.807) is 7.11 Å². The molecule has 0 saturated carbocycles. The maximum absolute atomic E-state index is 5.65. The molecular weight excluding hydrogens is 312 g/mol. The van der Waals surface area contributed by atoms with E-state index >= 15 is 0 Å². The van der Waals surface area contributed by atoms with Crippen molar-refractivity contribution < 1.29 is 9.47 Å². The Morgan fingerprint density at radius 3 is 2.52 bits per heavy atom. The van der Waals surface area contributed by atoms with Crippen LogP contribution in [-0.2, 0) is 16.0 Å². The Hall–Kier alpha value is -0.650. The van der Waals surface area contributed by atoms with Gasteiger partial charge >= 0.3 is 0 Å². The van der Waals surface area contributed by atoms with Crippen LogP contribution in [0, 0.1) is 5.92 Å². The van der Waals surface area contributed by atoms with Crippen molar-refractivity contribution >= 4 is 12.4 Å². The molecule has 1 aliphatic heterocycles. The lowest BCUT2D eigenvalue weighted by Gasteiger charge is -2.30. The third kappa shape index (κ3) is 8.68. The molecule has 0 unspecified atom stereocenters. The molecule has 1 aliphatic rings. The van der Waals surface area contributed by atoms with Crippen LogP contribution >= 0.6 is 12.4 Å². The minimum Gasteiger partial charge on any atom is -0.382 e. The Kier molecular flexibility index (Phi) is 11.3. The van der Waals surface area contributed by atoms with Crippen molar-refractivity contribution in [1.82, 2.24) is 10.2 Å². The molecule has 4 nitrogen and oxygen atoms in total. The third-order valence-corrected chi connectivity index (χ3v) is 4.21. The molecule has 1 heterocycles. The van der Waals surface area contributed by atoms with Crippen LogP contribution in [0.2, 0.25) is 0 Å². The van der Waals surface area contributed by atoms with E-state index in [-0.39, 0.29) is 12.4 Å². The first kappa shape index (κ1) is 20.4. The van der Waals surface area contributed by atoms with Gasteiger partial charge in [0.25, 0.3) is 0 Å². The lowest BCUT2D eigenvalue weighted by molar-refractivity contribution is 0.0522. The lowest BCUT2D eigenvalue weighted by Crippen LogP contribution is -2.37. The first-order valence-corrected chi connectivity index (χ1v) is 8.42. The molecule has 0 aliphatic carbocycles. The predicted octanol–water partition coefficient (Wildman–Crippen LogP) is 2.57. The van der Waals surface area contributed by atoms with E-state index < -0.39 is 0 Å². The van der Waals surface area contributed by atoms with Crippen LogP contribution in [0.25, 0.3) is 0 Å². The maximum Gasteiger partial charge on any atom is 0.0700 e. The van der Waals surface area contributed by atoms with Gasteiger partial charge in [-0.2, -0.15) is 0 Å². The van der Waals surface area contributed by atoms with Crippen LogP contribution in [0.15, 0.2) is 30.3 Å². The van der Waals surface area contributed by atoms with E-state index in [1.807, 2.05) is 0 Å². The number of nitrogens with zero attached hydrogens (tertiary/aromatic N) is 1. The Bertz CT molecular complexity index is 386. The Morgan fingerprint density at radius 1 is 1.09 bits per heavy atom. The first-order valence-electron chi connectivity index (χ1n) is 8.42. The SMILES string of the molecule is COCCOCCN(Cc1ccccc1)CC1CCNCC1.Cl. The highest BCUT2D eigenvalue weighted by Gasteiger charge is 2.17. The van der Waals surface area contributed by atoms with Gasteiger partial charge in [-0.3, -0.25) is 4.90 Å². The van der Waals surface area contributed by atoms with Crippen molar-refractivity contribution in [3.63, 3.8) is 0 Å². The van der Waals surface area contributed by atoms with Gasteiger partial charge in [0, 0.05) is 26.7 Å². The van der Waals surface area contributed by atoms with E-state index in [1.165, 1.54) is 24.9 Å². The van der Waals surface area contributed by atoms with Gasteiger partial charge in [-0.15, -0.1) is 12.4 Å². The number of methoxy groups -OCH3 is 1. The fourth-order valence-electron chi connectivity index (χ4n) is 2.94. The summed E-state index contributed by atoms with van der Waals surface area (Å²) in [5, 5.41) is 3.45. The molecule has 1 N–H and O–H groups in total. The number of ether oxygens (including phenoxy) is 2. The van der Waals surface area contributed by atoms with Crippen LogP contribution in [0.4, 0.5) is 0 Å². The second kappa shape index (κ2) is 12.7. The molecule has 1 aromatic rings. The minimum absolute atomic E-state index is 0. The molecule has 0 aromatic heterocycles. The highest BCUT2D eigenvalue weighted by molar-refractivity contribution is 5.85. The molecule has 1 fully saturated rings. The summed E-state index contributed by atoms with van der Waals surface area (Å²) in [6.45, 7) is 7.63. The number of piperidine rings is 1. The van der Waals surface area contributed by atoms with Gasteiger partial charge in [0.1, 0.15) is 0 Å². The summed E-state index contributed by atoms with van der Waals surface area (Å²) in [5.74, 6) is 0.809. The van der Waals surface area contributed by atoms with E-state index in [4.69, 9.17) is 9.47 Å². The summed E-state index contributed by atoms with van der Waals surface area (Å²) in [6.07, 6.45) is 2.58. The zero-order chi connectivity index (χ0) is 15.5. The summed E-state index contributed by atoms with van der Waals surface area (Å²) in [6, 6.07) is 10.7. The summed E-state index contributed by atoms with van der Waals surface area (Å²) in [4.78, 5) is 2.54. The molecule has 1 saturated heterocycles. The van der Waals surface area contributed by atoms with Gasteiger partial charge in [-0.25, -0.2) is 0 Å². The minimum atomic E-state index is 0. The number of rotatable bonds is 10. The molecule has 0 spiro atoms. The van der Waals surface area contributed by atoms with E-state index in [2.05, 4.69) is 40.5 Å². The number of benzene rings is 1. The van der Waals surface area contributed by atoms with Gasteiger partial charge < -0.3 is 14.8 Å². The Balaban J connectivity index is 0.00000264. The van der Waals surface area contributed by atoms with Crippen LogP contribution in [0.1, 0.15) is 18.4 Å². The second-order valence-electron chi connectivity index (χ2n) is 6.02. The van der Waals surface area contributed by atoms with Crippen molar-refractivity contribution in [2.75, 3.05) is 53.1 Å². The highest BCUT2D eigenvalue weighted by Crippen LogP contribution is 2.15. The molecule has 0 amide bonds. The molecule has 2 rings (SSSR count). The largest absolute Gasteiger partial charge is 0.382 e. The predicted molar refractivity (Wildman–Crippen MR) is 97.3 cm³/mol. The van der Waals surface area contributed by atoms with Crippen molar-refractivity contribution in [2.24, 2.45) is 5.92 Å². The molecule has 1 aromatic carbocycles. The van der Waals surface area contributed by atoms with E-state index in [0.29, 0.717) is 13.2 Å². The van der Waals surface area contributed by atoms with E-state index in [0.717, 1.165) is 38.7 Å². The van der Waals surface area contributed by atoms with Gasteiger partial charge in [0.2, 0.25) is 0 Å². The highest BCUT2D eigenvalue weighted by atomic mass is 35.5. The van der Waals surface area contributed by atoms with Crippen molar-refractivity contribution in [3.05, 3.63) is 35.9 Å². The zero-order valence-electron chi connectivity index (χ0n) is 14.2. The first-order chi connectivity index (χ1) is 10.9. The van der Waals surface area contributed by atoms with Crippen LogP contribution < -0.4 is 5.32 Å². The number of halogens is 1. The Morgan fingerprint density at radius 2 is 1.83 bits per heavy atom. The van der Waals surface area contributed by atoms with Crippen LogP contribution in [-0.4, -0.2) is 58.0 Å². The fraction of sp³-hybridized carbons (Fsp3) is 0.667. The zero-order valence-corrected chi connectivity index (χ0v) is 15.0. The summed E-state index contributed by atoms with van der Waals surface area (Å²) in [5.41, 5.74) is 1.38. The quantitative estimate of drug-likeness (QED) is 0.663. The average molecular weight is 343 g/mol. The van der Waals surface area contributed by atoms with Crippen molar-refractivity contribution in [2.45, 2.75) is 19.4 Å². The molecule has 23 heavy (non-hydrogen) atoms. The van der Waals surface area contributed by atoms with Gasteiger partial charge in [-0.05, 0) is 37.4 Å². The standard InChI is InChI=1S/C18H30N2O2.ClH/c1-21-13-14-22-12-11-20(15-17-5-3-2-4-6-17)16-18-7-9-19-10-8-18;/h2-6,18-19H,7-16H2,1H3;1H. The molecule has 5 heteroatoms. The van der Waals surface area contributed by atoms with Crippen LogP contribution in [0.5, 0.6) is 0 Å². The topological polar surface area (TPSA) is 33.7 Å². The van der Waals surface area contributed by atoms with Gasteiger partial charge in [-0.1, -0.05) is 30.3 Å². The maximum atomic E-state index is 5.65. The normalized spacial score (nSPS) is 15.6. The van der Waals surface area contributed by atoms with Gasteiger partial charge in [0.05, 0.1) is 19.8 Å². The van der Waals surface area contributed by atoms with Gasteiger partial charge in [0.15, 0.2) is 0 Å². The third-order valence-electron chi connectivity index (χ3n) is 4.21. The summed E-state index contributed by atoms with van der Waals surface area (Å²) >= 11 is 0. The number of nitrogens with one attached hydrogen (secondary N) is 1. The van der Waals surface area contributed by atoms with Crippen molar-refractivity contribution in [3.8, 4) is 0 Å². The van der Waals surface area contributed by atoms with E-state index in [9.17, 15) is 0 Å². The fourth-order valence-corrected chi connectivity index (χ4v) is 2.94. The number of hydrogen-bond donors (Lipinski definition) is 1. The number of hydrogen-bond acceptors (Lipinski definition) is 4. The molecule has 0 bridgehead atoms. The monoisotopic (exact) mass is 342 g/mol.